The molecule has 3 heteroatoms. The summed E-state index contributed by atoms with van der Waals surface area (Å²) >= 11 is 0. The predicted octanol–water partition coefficient (Wildman–Crippen LogP) is 3.13. The van der Waals surface area contributed by atoms with E-state index in [4.69, 9.17) is 7.85 Å². The lowest BCUT2D eigenvalue weighted by Crippen LogP contribution is -2.06. The molecule has 2 rings (SSSR count). The molecule has 0 spiro atoms. The molecule has 0 saturated heterocycles. The smallest absolute Gasteiger partial charge is 0.150 e. The van der Waals surface area contributed by atoms with Crippen LogP contribution in [-0.4, -0.2) is 26.9 Å². The molecule has 1 aromatic rings. The van der Waals surface area contributed by atoms with E-state index >= 15 is 0 Å². The summed E-state index contributed by atoms with van der Waals surface area (Å²) in [4.78, 5) is 15.5. The Labute approximate surface area is 120 Å². The van der Waals surface area contributed by atoms with Crippen molar-refractivity contribution in [2.45, 2.75) is 0 Å². The van der Waals surface area contributed by atoms with E-state index in [1.807, 2.05) is 30.4 Å². The van der Waals surface area contributed by atoms with Gasteiger partial charge in [-0.05, 0) is 17.2 Å². The average molecular weight is 259 g/mol. The Kier molecular flexibility index (Phi) is 4.31. The van der Waals surface area contributed by atoms with E-state index < -0.39 is 0 Å². The van der Waals surface area contributed by atoms with Gasteiger partial charge in [0.25, 0.3) is 0 Å². The van der Waals surface area contributed by atoms with Crippen LogP contribution in [0.25, 0.3) is 5.57 Å². The Morgan fingerprint density at radius 2 is 2.05 bits per heavy atom. The maximum Gasteiger partial charge on any atom is 0.150 e. The van der Waals surface area contributed by atoms with Crippen LogP contribution in [0.1, 0.15) is 15.9 Å². The molecule has 0 unspecified atom stereocenters. The third-order valence-electron chi connectivity index (χ3n) is 3.13. The molecule has 0 N–H and O–H groups in total. The number of rotatable bonds is 3. The summed E-state index contributed by atoms with van der Waals surface area (Å²) in [7, 11) is 7.59. The molecule has 96 valence electrons. The highest BCUT2D eigenvalue weighted by Crippen LogP contribution is 2.27. The van der Waals surface area contributed by atoms with E-state index in [1.54, 1.807) is 25.3 Å². The summed E-state index contributed by atoms with van der Waals surface area (Å²) in [5.41, 5.74) is 4.63. The lowest BCUT2D eigenvalue weighted by Gasteiger charge is -2.15. The molecule has 0 bridgehead atoms. The maximum atomic E-state index is 11.2. The number of carbonyl (C=O) groups excluding carboxylic acids is 1. The van der Waals surface area contributed by atoms with Crippen molar-refractivity contribution in [1.29, 1.82) is 0 Å². The Morgan fingerprint density at radius 1 is 1.30 bits per heavy atom. The number of nitrogens with zero attached hydrogens (tertiary/aromatic N) is 1. The average Bonchev–Trinajstić information content (AvgIpc) is 2.49. The zero-order chi connectivity index (χ0) is 14.5. The Morgan fingerprint density at radius 3 is 2.70 bits per heavy atom. The molecule has 0 fully saturated rings. The molecule has 2 radical (unpaired) electrons. The van der Waals surface area contributed by atoms with Gasteiger partial charge in [0, 0.05) is 18.2 Å². The first-order valence-corrected chi connectivity index (χ1v) is 6.25. The number of hydrogen-bond acceptors (Lipinski definition) is 2. The van der Waals surface area contributed by atoms with Gasteiger partial charge < -0.3 is 0 Å². The van der Waals surface area contributed by atoms with Crippen LogP contribution in [0, 0.1) is 0 Å². The van der Waals surface area contributed by atoms with E-state index in [-0.39, 0.29) is 0 Å². The Bertz CT molecular complexity index is 678. The fourth-order valence-corrected chi connectivity index (χ4v) is 2.17. The lowest BCUT2D eigenvalue weighted by molar-refractivity contribution is 0.112. The van der Waals surface area contributed by atoms with Gasteiger partial charge in [0.1, 0.15) is 7.85 Å². The predicted molar refractivity (Wildman–Crippen MR) is 85.3 cm³/mol. The first-order valence-electron chi connectivity index (χ1n) is 6.25. The van der Waals surface area contributed by atoms with Crippen molar-refractivity contribution in [2.24, 2.45) is 4.99 Å². The molecule has 0 atom stereocenters. The molecule has 2 nitrogen and oxygen atoms in total. The van der Waals surface area contributed by atoms with Crippen molar-refractivity contribution in [1.82, 2.24) is 0 Å². The van der Waals surface area contributed by atoms with Gasteiger partial charge in [0.2, 0.25) is 0 Å². The number of benzene rings is 1. The highest BCUT2D eigenvalue weighted by molar-refractivity contribution is 6.28. The standard InChI is InChI=1S/C17H14BNO/c1-3-14(15-7-5-4-6-12(15)11-20)16-10-13(18)8-9-17(16)19-2/h3-11H,1H2,2H3/b16-14+,19-17?. The van der Waals surface area contributed by atoms with Gasteiger partial charge in [-0.15, -0.1) is 0 Å². The number of allylic oxidation sites excluding steroid dienone is 7. The van der Waals surface area contributed by atoms with Gasteiger partial charge in [-0.3, -0.25) is 9.79 Å². The fraction of sp³-hybridized carbons (Fsp3) is 0.0588. The highest BCUT2D eigenvalue weighted by Gasteiger charge is 2.13. The van der Waals surface area contributed by atoms with Crippen molar-refractivity contribution in [3.8, 4) is 0 Å². The molecule has 1 aliphatic carbocycles. The van der Waals surface area contributed by atoms with Crippen molar-refractivity contribution in [3.05, 3.63) is 77.3 Å². The minimum atomic E-state index is 0.617. The molecule has 20 heavy (non-hydrogen) atoms. The third-order valence-corrected chi connectivity index (χ3v) is 3.13. The van der Waals surface area contributed by atoms with Crippen LogP contribution in [0.2, 0.25) is 0 Å². The van der Waals surface area contributed by atoms with E-state index in [2.05, 4.69) is 11.6 Å². The van der Waals surface area contributed by atoms with Gasteiger partial charge >= 0.3 is 0 Å². The van der Waals surface area contributed by atoms with E-state index in [0.717, 1.165) is 28.7 Å². The molecule has 0 saturated carbocycles. The van der Waals surface area contributed by atoms with Gasteiger partial charge in [-0.2, -0.15) is 0 Å². The fourth-order valence-electron chi connectivity index (χ4n) is 2.17. The van der Waals surface area contributed by atoms with E-state index in [9.17, 15) is 4.79 Å². The minimum absolute atomic E-state index is 0.617. The van der Waals surface area contributed by atoms with Crippen LogP contribution in [-0.2, 0) is 0 Å². The molecule has 0 heterocycles. The van der Waals surface area contributed by atoms with Crippen LogP contribution < -0.4 is 0 Å². The third kappa shape index (κ3) is 2.62. The van der Waals surface area contributed by atoms with Crippen LogP contribution in [0.4, 0.5) is 0 Å². The number of carbonyl (C=O) groups is 1. The molecule has 0 amide bonds. The maximum absolute atomic E-state index is 11.2. The topological polar surface area (TPSA) is 29.4 Å². The summed E-state index contributed by atoms with van der Waals surface area (Å²) in [5, 5.41) is 0. The summed E-state index contributed by atoms with van der Waals surface area (Å²) in [5.74, 6) is 0. The SMILES string of the molecule is [B]C1=C/C(=C(/C=C)c2ccccc2C=O)C(=NC)C=C1. The second-order valence-corrected chi connectivity index (χ2v) is 4.32. The first kappa shape index (κ1) is 14.0. The van der Waals surface area contributed by atoms with Crippen LogP contribution in [0.5, 0.6) is 0 Å². The summed E-state index contributed by atoms with van der Waals surface area (Å²) in [6.07, 6.45) is 8.08. The molecular weight excluding hydrogens is 245 g/mol. The van der Waals surface area contributed by atoms with E-state index in [1.165, 1.54) is 0 Å². The number of hydrogen-bond donors (Lipinski definition) is 0. The molecule has 0 aromatic heterocycles. The number of aldehydes is 1. The first-order chi connectivity index (χ1) is 9.71. The minimum Gasteiger partial charge on any atom is -0.298 e. The molecule has 1 aliphatic rings. The summed E-state index contributed by atoms with van der Waals surface area (Å²) in [6, 6.07) is 7.39. The second kappa shape index (κ2) is 6.15. The van der Waals surface area contributed by atoms with Gasteiger partial charge in [0.15, 0.2) is 6.29 Å². The zero-order valence-electron chi connectivity index (χ0n) is 11.3. The van der Waals surface area contributed by atoms with Crippen LogP contribution in [0.3, 0.4) is 0 Å². The quantitative estimate of drug-likeness (QED) is 0.605. The Hall–Kier alpha value is -2.42. The normalized spacial score (nSPS) is 18.6. The van der Waals surface area contributed by atoms with Gasteiger partial charge in [-0.25, -0.2) is 0 Å². The van der Waals surface area contributed by atoms with Crippen molar-refractivity contribution >= 4 is 25.4 Å². The summed E-state index contributed by atoms with van der Waals surface area (Å²) < 4.78 is 0. The summed E-state index contributed by atoms with van der Waals surface area (Å²) in [6.45, 7) is 3.86. The van der Waals surface area contributed by atoms with Crippen molar-refractivity contribution in [2.75, 3.05) is 7.05 Å². The Balaban J connectivity index is 2.73. The molecule has 0 aliphatic heterocycles. The zero-order valence-corrected chi connectivity index (χ0v) is 11.3. The molecular formula is C17H14BNO. The monoisotopic (exact) mass is 259 g/mol. The van der Waals surface area contributed by atoms with Crippen molar-refractivity contribution < 1.29 is 4.79 Å². The van der Waals surface area contributed by atoms with Gasteiger partial charge in [-0.1, -0.05) is 54.5 Å². The van der Waals surface area contributed by atoms with Crippen LogP contribution >= 0.6 is 0 Å². The second-order valence-electron chi connectivity index (χ2n) is 4.32. The van der Waals surface area contributed by atoms with E-state index in [0.29, 0.717) is 11.0 Å². The largest absolute Gasteiger partial charge is 0.298 e. The van der Waals surface area contributed by atoms with Crippen molar-refractivity contribution in [3.63, 3.8) is 0 Å². The number of aliphatic imine (C=N–C) groups is 1. The lowest BCUT2D eigenvalue weighted by atomic mass is 9.84. The molecule has 1 aromatic carbocycles. The highest BCUT2D eigenvalue weighted by atomic mass is 16.1. The van der Waals surface area contributed by atoms with Gasteiger partial charge in [0.05, 0.1) is 5.71 Å². The van der Waals surface area contributed by atoms with Crippen LogP contribution in [0.15, 0.2) is 71.2 Å².